The number of rotatable bonds is 4. The van der Waals surface area contributed by atoms with Crippen LogP contribution in [0.25, 0.3) is 0 Å². The number of carboxylic acid groups (broad SMARTS) is 1. The fourth-order valence-electron chi connectivity index (χ4n) is 3.24. The average Bonchev–Trinajstić information content (AvgIpc) is 3.12. The van der Waals surface area contributed by atoms with Crippen LogP contribution in [0.2, 0.25) is 5.02 Å². The minimum Gasteiger partial charge on any atom is -0.477 e. The number of aromatic nitrogens is 2. The van der Waals surface area contributed by atoms with Crippen molar-refractivity contribution >= 4 is 35.0 Å². The summed E-state index contributed by atoms with van der Waals surface area (Å²) < 4.78 is 1.55. The molecule has 0 saturated heterocycles. The Kier molecular flexibility index (Phi) is 4.82. The maximum absolute atomic E-state index is 12.8. The average molecular weight is 409 g/mol. The summed E-state index contributed by atoms with van der Waals surface area (Å²) in [5.41, 5.74) is 2.52. The van der Waals surface area contributed by atoms with Gasteiger partial charge in [0.05, 0.1) is 6.20 Å². The largest absolute Gasteiger partial charge is 0.477 e. The highest BCUT2D eigenvalue weighted by molar-refractivity contribution is 6.31. The topological polar surface area (TPSA) is 96.3 Å². The fraction of sp³-hybridized carbons (Fsp3) is 0.0952. The molecule has 0 aliphatic carbocycles. The molecule has 4 rings (SSSR count). The van der Waals surface area contributed by atoms with Crippen LogP contribution in [-0.4, -0.2) is 26.8 Å². The number of amides is 1. The van der Waals surface area contributed by atoms with Crippen LogP contribution in [-0.2, 0) is 4.79 Å². The van der Waals surface area contributed by atoms with Crippen molar-refractivity contribution < 1.29 is 14.7 Å². The van der Waals surface area contributed by atoms with Crippen molar-refractivity contribution in [3.63, 3.8) is 0 Å². The Morgan fingerprint density at radius 2 is 2.00 bits per heavy atom. The van der Waals surface area contributed by atoms with E-state index in [1.807, 2.05) is 31.2 Å². The number of carbonyl (C=O) groups excluding carboxylic acids is 1. The Hall–Kier alpha value is -3.58. The van der Waals surface area contributed by atoms with Gasteiger partial charge in [-0.05, 0) is 42.3 Å². The Balaban J connectivity index is 1.74. The Labute approximate surface area is 171 Å². The highest BCUT2D eigenvalue weighted by Crippen LogP contribution is 2.35. The summed E-state index contributed by atoms with van der Waals surface area (Å²) in [7, 11) is 0. The van der Waals surface area contributed by atoms with Gasteiger partial charge in [0.1, 0.15) is 23.1 Å². The van der Waals surface area contributed by atoms with Gasteiger partial charge < -0.3 is 15.7 Å². The van der Waals surface area contributed by atoms with E-state index in [9.17, 15) is 14.7 Å². The van der Waals surface area contributed by atoms with Gasteiger partial charge in [-0.25, -0.2) is 9.48 Å². The number of anilines is 2. The number of carbonyl (C=O) groups is 2. The Morgan fingerprint density at radius 3 is 2.72 bits per heavy atom. The van der Waals surface area contributed by atoms with E-state index in [2.05, 4.69) is 15.7 Å². The normalized spacial score (nSPS) is 15.1. The lowest BCUT2D eigenvalue weighted by Crippen LogP contribution is -2.25. The lowest BCUT2D eigenvalue weighted by Gasteiger charge is -2.25. The maximum Gasteiger partial charge on any atom is 0.352 e. The predicted octanol–water partition coefficient (Wildman–Crippen LogP) is 4.08. The molecular formula is C21H17ClN4O3. The third-order valence-corrected chi connectivity index (χ3v) is 4.96. The molecule has 1 atom stereocenters. The standard InChI is InChI=1S/C21H17ClN4O3/c1-12-5-4-6-13(9-12)24-20(27)15-11-23-26-18(14-7-2-3-8-16(14)22)10-17(21(28)29)25-19(15)26/h2-11,18,25H,1H3,(H,24,27)(H,28,29)/t18-/m1/s1. The van der Waals surface area contributed by atoms with E-state index < -0.39 is 17.9 Å². The molecular weight excluding hydrogens is 392 g/mol. The van der Waals surface area contributed by atoms with Crippen LogP contribution in [0, 0.1) is 6.92 Å². The molecule has 0 radical (unpaired) electrons. The molecule has 3 N–H and O–H groups in total. The molecule has 7 nitrogen and oxygen atoms in total. The number of aliphatic carboxylic acids is 1. The van der Waals surface area contributed by atoms with Crippen molar-refractivity contribution in [2.75, 3.05) is 10.6 Å². The molecule has 1 aromatic heterocycles. The SMILES string of the molecule is Cc1cccc(NC(=O)c2cnn3c2NC(C(=O)O)=C[C@@H]3c2ccccc2Cl)c1. The maximum atomic E-state index is 12.8. The van der Waals surface area contributed by atoms with E-state index in [1.54, 1.807) is 28.9 Å². The van der Waals surface area contributed by atoms with Gasteiger partial charge in [-0.2, -0.15) is 5.10 Å². The molecule has 29 heavy (non-hydrogen) atoms. The van der Waals surface area contributed by atoms with Gasteiger partial charge in [0.2, 0.25) is 0 Å². The monoisotopic (exact) mass is 408 g/mol. The summed E-state index contributed by atoms with van der Waals surface area (Å²) >= 11 is 6.33. The fourth-order valence-corrected chi connectivity index (χ4v) is 3.49. The van der Waals surface area contributed by atoms with Crippen molar-refractivity contribution in [3.8, 4) is 0 Å². The van der Waals surface area contributed by atoms with Gasteiger partial charge in [0.25, 0.3) is 5.91 Å². The molecule has 2 aromatic carbocycles. The summed E-state index contributed by atoms with van der Waals surface area (Å²) in [5.74, 6) is -1.24. The summed E-state index contributed by atoms with van der Waals surface area (Å²) in [5, 5.41) is 20.0. The van der Waals surface area contributed by atoms with Crippen molar-refractivity contribution in [1.82, 2.24) is 9.78 Å². The molecule has 1 aliphatic rings. The number of hydrogen-bond acceptors (Lipinski definition) is 4. The van der Waals surface area contributed by atoms with Crippen molar-refractivity contribution in [1.29, 1.82) is 0 Å². The number of carboxylic acids is 1. The number of halogens is 1. The van der Waals surface area contributed by atoms with E-state index in [1.165, 1.54) is 12.3 Å². The molecule has 1 amide bonds. The highest BCUT2D eigenvalue weighted by atomic mass is 35.5. The Morgan fingerprint density at radius 1 is 1.21 bits per heavy atom. The number of allylic oxidation sites excluding steroid dienone is 1. The summed E-state index contributed by atoms with van der Waals surface area (Å²) in [6, 6.07) is 14.0. The van der Waals surface area contributed by atoms with Gasteiger partial charge in [-0.15, -0.1) is 0 Å². The van der Waals surface area contributed by atoms with Crippen LogP contribution >= 0.6 is 11.6 Å². The zero-order valence-corrected chi connectivity index (χ0v) is 16.1. The first kappa shape index (κ1) is 18.8. The van der Waals surface area contributed by atoms with E-state index in [4.69, 9.17) is 11.6 Å². The van der Waals surface area contributed by atoms with Crippen LogP contribution in [0.4, 0.5) is 11.5 Å². The summed E-state index contributed by atoms with van der Waals surface area (Å²) in [6.07, 6.45) is 2.93. The second kappa shape index (κ2) is 7.44. The van der Waals surface area contributed by atoms with Crippen molar-refractivity contribution in [3.05, 3.63) is 88.2 Å². The first-order chi connectivity index (χ1) is 13.9. The van der Waals surface area contributed by atoms with Crippen LogP contribution in [0.3, 0.4) is 0 Å². The lowest BCUT2D eigenvalue weighted by molar-refractivity contribution is -0.132. The van der Waals surface area contributed by atoms with Gasteiger partial charge in [-0.1, -0.05) is 41.9 Å². The molecule has 0 bridgehead atoms. The third-order valence-electron chi connectivity index (χ3n) is 4.61. The van der Waals surface area contributed by atoms with Gasteiger partial charge in [-0.3, -0.25) is 4.79 Å². The molecule has 8 heteroatoms. The van der Waals surface area contributed by atoms with Crippen molar-refractivity contribution in [2.45, 2.75) is 13.0 Å². The number of nitrogens with zero attached hydrogens (tertiary/aromatic N) is 2. The number of aryl methyl sites for hydroxylation is 1. The molecule has 2 heterocycles. The molecule has 0 fully saturated rings. The predicted molar refractivity (Wildman–Crippen MR) is 110 cm³/mol. The minimum atomic E-state index is -1.14. The van der Waals surface area contributed by atoms with Crippen LogP contribution in [0.5, 0.6) is 0 Å². The molecule has 146 valence electrons. The number of fused-ring (bicyclic) bond motifs is 1. The smallest absolute Gasteiger partial charge is 0.352 e. The van der Waals surface area contributed by atoms with Crippen LogP contribution in [0.15, 0.2) is 66.5 Å². The molecule has 0 unspecified atom stereocenters. The van der Waals surface area contributed by atoms with Crippen LogP contribution in [0.1, 0.15) is 27.5 Å². The summed E-state index contributed by atoms with van der Waals surface area (Å²) in [4.78, 5) is 24.5. The third kappa shape index (κ3) is 3.60. The Bertz CT molecular complexity index is 1150. The molecule has 1 aliphatic heterocycles. The van der Waals surface area contributed by atoms with Crippen molar-refractivity contribution in [2.24, 2.45) is 0 Å². The molecule has 3 aromatic rings. The number of nitrogens with one attached hydrogen (secondary N) is 2. The van der Waals surface area contributed by atoms with Crippen LogP contribution < -0.4 is 10.6 Å². The summed E-state index contributed by atoms with van der Waals surface area (Å²) in [6.45, 7) is 1.93. The zero-order valence-electron chi connectivity index (χ0n) is 15.4. The zero-order chi connectivity index (χ0) is 20.5. The second-order valence-corrected chi connectivity index (χ2v) is 7.06. The van der Waals surface area contributed by atoms with E-state index in [0.717, 1.165) is 5.56 Å². The number of hydrogen-bond donors (Lipinski definition) is 3. The molecule has 0 spiro atoms. The number of benzene rings is 2. The minimum absolute atomic E-state index is 0.0486. The van der Waals surface area contributed by atoms with Gasteiger partial charge >= 0.3 is 5.97 Å². The van der Waals surface area contributed by atoms with E-state index in [0.29, 0.717) is 22.1 Å². The first-order valence-electron chi connectivity index (χ1n) is 8.86. The molecule has 0 saturated carbocycles. The second-order valence-electron chi connectivity index (χ2n) is 6.65. The van der Waals surface area contributed by atoms with E-state index in [-0.39, 0.29) is 11.3 Å². The van der Waals surface area contributed by atoms with Gasteiger partial charge in [0, 0.05) is 10.7 Å². The van der Waals surface area contributed by atoms with E-state index >= 15 is 0 Å². The highest BCUT2D eigenvalue weighted by Gasteiger charge is 2.30. The quantitative estimate of drug-likeness (QED) is 0.604. The van der Waals surface area contributed by atoms with Gasteiger partial charge in [0.15, 0.2) is 0 Å². The first-order valence-corrected chi connectivity index (χ1v) is 9.24. The lowest BCUT2D eigenvalue weighted by atomic mass is 10.0.